The van der Waals surface area contributed by atoms with Crippen LogP contribution in [0.2, 0.25) is 0 Å². The first-order valence-corrected chi connectivity index (χ1v) is 7.32. The molecule has 98 valence electrons. The predicted octanol–water partition coefficient (Wildman–Crippen LogP) is 4.19. The van der Waals surface area contributed by atoms with Gasteiger partial charge in [0.2, 0.25) is 0 Å². The van der Waals surface area contributed by atoms with E-state index in [1.165, 1.54) is 25.7 Å². The topological polar surface area (TPSA) is 55.2 Å². The first-order chi connectivity index (χ1) is 8.56. The van der Waals surface area contributed by atoms with Crippen LogP contribution in [0.3, 0.4) is 0 Å². The number of nitro benzene ring substituents is 1. The second-order valence-corrected chi connectivity index (χ2v) is 6.27. The number of halogens is 1. The number of nitrogens with one attached hydrogen (secondary N) is 1. The van der Waals surface area contributed by atoms with E-state index in [0.29, 0.717) is 11.1 Å². The minimum atomic E-state index is -0.316. The second-order valence-electron chi connectivity index (χ2n) is 5.02. The summed E-state index contributed by atoms with van der Waals surface area (Å²) in [5.41, 5.74) is 1.21. The third-order valence-electron chi connectivity index (χ3n) is 3.55. The number of nitrogens with zero attached hydrogens (tertiary/aromatic N) is 1. The lowest BCUT2D eigenvalue weighted by atomic mass is 10.0. The van der Waals surface area contributed by atoms with E-state index in [0.717, 1.165) is 10.1 Å². The lowest BCUT2D eigenvalue weighted by Gasteiger charge is -2.15. The Labute approximate surface area is 120 Å². The second kappa shape index (κ2) is 5.42. The van der Waals surface area contributed by atoms with Crippen LogP contribution >= 0.6 is 22.6 Å². The predicted molar refractivity (Wildman–Crippen MR) is 80.9 cm³/mol. The lowest BCUT2D eigenvalue weighted by molar-refractivity contribution is -0.384. The molecule has 1 aliphatic carbocycles. The normalized spacial score (nSPS) is 16.3. The van der Waals surface area contributed by atoms with Crippen LogP contribution in [0.4, 0.5) is 11.4 Å². The Morgan fingerprint density at radius 3 is 2.78 bits per heavy atom. The summed E-state index contributed by atoms with van der Waals surface area (Å²) < 4.78 is 0.888. The van der Waals surface area contributed by atoms with Gasteiger partial charge in [0, 0.05) is 16.2 Å². The maximum atomic E-state index is 11.0. The van der Waals surface area contributed by atoms with E-state index in [-0.39, 0.29) is 10.6 Å². The van der Waals surface area contributed by atoms with E-state index in [9.17, 15) is 10.1 Å². The third kappa shape index (κ3) is 3.13. The monoisotopic (exact) mass is 360 g/mol. The molecule has 0 aliphatic heterocycles. The molecule has 0 atom stereocenters. The Balaban J connectivity index is 2.07. The average Bonchev–Trinajstić information content (AvgIpc) is 3.08. The Bertz CT molecular complexity index is 458. The Morgan fingerprint density at radius 2 is 2.22 bits per heavy atom. The molecule has 1 aromatic rings. The third-order valence-corrected chi connectivity index (χ3v) is 4.22. The van der Waals surface area contributed by atoms with E-state index in [1.54, 1.807) is 6.07 Å². The maximum absolute atomic E-state index is 11.0. The van der Waals surface area contributed by atoms with Gasteiger partial charge in [-0.2, -0.15) is 0 Å². The van der Waals surface area contributed by atoms with Gasteiger partial charge in [0.1, 0.15) is 5.69 Å². The zero-order chi connectivity index (χ0) is 13.2. The SMILES string of the molecule is CCCC1(CNc2ccc(I)cc2[N+](=O)[O-])CC1. The summed E-state index contributed by atoms with van der Waals surface area (Å²) in [6.07, 6.45) is 4.87. The van der Waals surface area contributed by atoms with Gasteiger partial charge in [0.15, 0.2) is 0 Å². The summed E-state index contributed by atoms with van der Waals surface area (Å²) in [7, 11) is 0. The molecule has 0 bridgehead atoms. The number of benzene rings is 1. The smallest absolute Gasteiger partial charge is 0.293 e. The highest BCUT2D eigenvalue weighted by Crippen LogP contribution is 2.49. The van der Waals surface area contributed by atoms with Gasteiger partial charge < -0.3 is 5.32 Å². The summed E-state index contributed by atoms with van der Waals surface area (Å²) in [5.74, 6) is 0. The van der Waals surface area contributed by atoms with Crippen LogP contribution in [0, 0.1) is 19.1 Å². The molecule has 0 unspecified atom stereocenters. The molecule has 5 heteroatoms. The summed E-state index contributed by atoms with van der Waals surface area (Å²) in [6, 6.07) is 5.32. The molecular weight excluding hydrogens is 343 g/mol. The Morgan fingerprint density at radius 1 is 1.50 bits per heavy atom. The minimum absolute atomic E-state index is 0.175. The fourth-order valence-electron chi connectivity index (χ4n) is 2.31. The van der Waals surface area contributed by atoms with E-state index >= 15 is 0 Å². The van der Waals surface area contributed by atoms with Crippen molar-refractivity contribution in [2.24, 2.45) is 5.41 Å². The van der Waals surface area contributed by atoms with Crippen molar-refractivity contribution in [3.63, 3.8) is 0 Å². The highest BCUT2D eigenvalue weighted by molar-refractivity contribution is 14.1. The van der Waals surface area contributed by atoms with Crippen LogP contribution in [0.15, 0.2) is 18.2 Å². The number of anilines is 1. The van der Waals surface area contributed by atoms with Crippen LogP contribution in [-0.2, 0) is 0 Å². The van der Waals surface area contributed by atoms with E-state index in [1.807, 2.05) is 12.1 Å². The van der Waals surface area contributed by atoms with E-state index in [4.69, 9.17) is 0 Å². The number of nitro groups is 1. The van der Waals surface area contributed by atoms with Crippen molar-refractivity contribution in [2.45, 2.75) is 32.6 Å². The summed E-state index contributed by atoms with van der Waals surface area (Å²) in [5, 5.41) is 14.3. The molecular formula is C13H17IN2O2. The summed E-state index contributed by atoms with van der Waals surface area (Å²) in [6.45, 7) is 3.04. The van der Waals surface area contributed by atoms with Crippen molar-refractivity contribution >= 4 is 34.0 Å². The molecule has 0 radical (unpaired) electrons. The first kappa shape index (κ1) is 13.6. The lowest BCUT2D eigenvalue weighted by Crippen LogP contribution is -2.15. The number of rotatable bonds is 6. The van der Waals surface area contributed by atoms with Crippen LogP contribution in [0.25, 0.3) is 0 Å². The fraction of sp³-hybridized carbons (Fsp3) is 0.538. The molecule has 1 aromatic carbocycles. The molecule has 0 saturated heterocycles. The van der Waals surface area contributed by atoms with Crippen molar-refractivity contribution in [3.8, 4) is 0 Å². The largest absolute Gasteiger partial charge is 0.379 e. The van der Waals surface area contributed by atoms with Crippen molar-refractivity contribution in [1.29, 1.82) is 0 Å². The van der Waals surface area contributed by atoms with Crippen LogP contribution in [0.5, 0.6) is 0 Å². The number of hydrogen-bond donors (Lipinski definition) is 1. The van der Waals surface area contributed by atoms with Crippen LogP contribution in [-0.4, -0.2) is 11.5 Å². The van der Waals surface area contributed by atoms with Gasteiger partial charge in [-0.25, -0.2) is 0 Å². The fourth-order valence-corrected chi connectivity index (χ4v) is 2.79. The minimum Gasteiger partial charge on any atom is -0.379 e. The molecule has 0 aromatic heterocycles. The van der Waals surface area contributed by atoms with Gasteiger partial charge in [0.05, 0.1) is 4.92 Å². The zero-order valence-electron chi connectivity index (χ0n) is 10.4. The van der Waals surface area contributed by atoms with Crippen LogP contribution in [0.1, 0.15) is 32.6 Å². The highest BCUT2D eigenvalue weighted by atomic mass is 127. The molecule has 4 nitrogen and oxygen atoms in total. The van der Waals surface area contributed by atoms with Crippen molar-refractivity contribution in [1.82, 2.24) is 0 Å². The summed E-state index contributed by atoms with van der Waals surface area (Å²) in [4.78, 5) is 10.7. The molecule has 1 saturated carbocycles. The van der Waals surface area contributed by atoms with Gasteiger partial charge in [-0.1, -0.05) is 13.3 Å². The molecule has 1 N–H and O–H groups in total. The van der Waals surface area contributed by atoms with Gasteiger partial charge in [-0.15, -0.1) is 0 Å². The van der Waals surface area contributed by atoms with Gasteiger partial charge >= 0.3 is 0 Å². The molecule has 1 aliphatic rings. The quantitative estimate of drug-likeness (QED) is 0.470. The molecule has 0 heterocycles. The van der Waals surface area contributed by atoms with Gasteiger partial charge in [0.25, 0.3) is 5.69 Å². The van der Waals surface area contributed by atoms with Crippen molar-refractivity contribution < 1.29 is 4.92 Å². The van der Waals surface area contributed by atoms with Crippen LogP contribution < -0.4 is 5.32 Å². The van der Waals surface area contributed by atoms with E-state index < -0.39 is 0 Å². The zero-order valence-corrected chi connectivity index (χ0v) is 12.6. The molecule has 0 spiro atoms. The van der Waals surface area contributed by atoms with Gasteiger partial charge in [-0.05, 0) is 59.4 Å². The van der Waals surface area contributed by atoms with Crippen molar-refractivity contribution in [2.75, 3.05) is 11.9 Å². The molecule has 18 heavy (non-hydrogen) atoms. The summed E-state index contributed by atoms with van der Waals surface area (Å²) >= 11 is 2.09. The Hall–Kier alpha value is -0.850. The maximum Gasteiger partial charge on any atom is 0.293 e. The number of hydrogen-bond acceptors (Lipinski definition) is 3. The molecule has 2 rings (SSSR count). The highest BCUT2D eigenvalue weighted by Gasteiger charge is 2.41. The standard InChI is InChI=1S/C13H17IN2O2/c1-2-5-13(6-7-13)9-15-11-4-3-10(14)8-12(11)16(17)18/h3-4,8,15H,2,5-7,9H2,1H3. The molecule has 1 fully saturated rings. The van der Waals surface area contributed by atoms with Crippen molar-refractivity contribution in [3.05, 3.63) is 31.9 Å². The average molecular weight is 360 g/mol. The van der Waals surface area contributed by atoms with E-state index in [2.05, 4.69) is 34.8 Å². The van der Waals surface area contributed by atoms with Gasteiger partial charge in [-0.3, -0.25) is 10.1 Å². The first-order valence-electron chi connectivity index (χ1n) is 6.24. The molecule has 0 amide bonds. The Kier molecular flexibility index (Phi) is 4.09.